The number of aromatic nitrogens is 3. The van der Waals surface area contributed by atoms with E-state index in [0.717, 1.165) is 41.5 Å². The first-order chi connectivity index (χ1) is 14.7. The van der Waals surface area contributed by atoms with E-state index >= 15 is 0 Å². The van der Waals surface area contributed by atoms with Crippen molar-refractivity contribution in [3.05, 3.63) is 77.7 Å². The Morgan fingerprint density at radius 2 is 1.87 bits per heavy atom. The molecule has 0 atom stereocenters. The smallest absolute Gasteiger partial charge is 0.411 e. The normalized spacial score (nSPS) is 12.7. The predicted octanol–water partition coefficient (Wildman–Crippen LogP) is 4.24. The van der Waals surface area contributed by atoms with E-state index in [1.165, 1.54) is 17.6 Å². The summed E-state index contributed by atoms with van der Waals surface area (Å²) in [5, 5.41) is 2.77. The van der Waals surface area contributed by atoms with Gasteiger partial charge in [0.2, 0.25) is 0 Å². The summed E-state index contributed by atoms with van der Waals surface area (Å²) in [5.41, 5.74) is 13.0. The van der Waals surface area contributed by atoms with E-state index < -0.39 is 6.09 Å². The quantitative estimate of drug-likeness (QED) is 0.535. The maximum Gasteiger partial charge on any atom is 0.411 e. The van der Waals surface area contributed by atoms with Crippen LogP contribution in [0.3, 0.4) is 0 Å². The number of aryl methyl sites for hydroxylation is 1. The van der Waals surface area contributed by atoms with E-state index in [0.29, 0.717) is 11.5 Å². The number of carbonyl (C=O) groups is 1. The molecule has 5 rings (SSSR count). The van der Waals surface area contributed by atoms with Crippen LogP contribution < -0.4 is 11.1 Å². The lowest BCUT2D eigenvalue weighted by atomic mass is 10.2. The third kappa shape index (κ3) is 3.24. The highest BCUT2D eigenvalue weighted by Crippen LogP contribution is 2.36. The van der Waals surface area contributed by atoms with Crippen molar-refractivity contribution in [1.29, 1.82) is 0 Å². The number of carbonyl (C=O) groups excluding carboxylic acids is 1. The van der Waals surface area contributed by atoms with Gasteiger partial charge in [0.05, 0.1) is 5.52 Å². The summed E-state index contributed by atoms with van der Waals surface area (Å²) in [6.45, 7) is 0.228. The molecule has 150 valence electrons. The van der Waals surface area contributed by atoms with Crippen LogP contribution in [0.25, 0.3) is 16.7 Å². The average Bonchev–Trinajstić information content (AvgIpc) is 3.36. The number of nitrogens with two attached hydrogens (primary N) is 1. The number of nitrogens with zero attached hydrogens (tertiary/aromatic N) is 3. The molecule has 0 spiro atoms. The highest BCUT2D eigenvalue weighted by molar-refractivity contribution is 5.91. The second-order valence-corrected chi connectivity index (χ2v) is 7.30. The first kappa shape index (κ1) is 18.2. The van der Waals surface area contributed by atoms with Crippen LogP contribution in [-0.2, 0) is 24.2 Å². The zero-order chi connectivity index (χ0) is 20.5. The van der Waals surface area contributed by atoms with E-state index in [1.54, 1.807) is 0 Å². The zero-order valence-electron chi connectivity index (χ0n) is 16.3. The Bertz CT molecular complexity index is 1220. The van der Waals surface area contributed by atoms with Gasteiger partial charge in [0.15, 0.2) is 5.82 Å². The van der Waals surface area contributed by atoms with Gasteiger partial charge in [-0.15, -0.1) is 0 Å². The van der Waals surface area contributed by atoms with Crippen LogP contribution in [0.4, 0.5) is 16.3 Å². The summed E-state index contributed by atoms with van der Waals surface area (Å²) >= 11 is 0. The molecular formula is C23H21N5O2. The zero-order valence-corrected chi connectivity index (χ0v) is 16.3. The molecule has 0 radical (unpaired) electrons. The molecule has 0 fully saturated rings. The molecule has 0 saturated heterocycles. The first-order valence-electron chi connectivity index (χ1n) is 9.91. The lowest BCUT2D eigenvalue weighted by Crippen LogP contribution is -2.13. The van der Waals surface area contributed by atoms with Crippen LogP contribution in [0.1, 0.15) is 23.2 Å². The van der Waals surface area contributed by atoms with E-state index in [-0.39, 0.29) is 6.61 Å². The molecule has 1 aliphatic carbocycles. The predicted molar refractivity (Wildman–Crippen MR) is 116 cm³/mol. The maximum absolute atomic E-state index is 12.1. The number of hydrogen-bond donors (Lipinski definition) is 2. The third-order valence-corrected chi connectivity index (χ3v) is 5.40. The number of nitrogens with one attached hydrogen (secondary N) is 1. The fraction of sp³-hybridized carbons (Fsp3) is 0.174. The Balaban J connectivity index is 1.37. The van der Waals surface area contributed by atoms with Gasteiger partial charge >= 0.3 is 6.09 Å². The SMILES string of the molecule is Nc1ncnc2c3c(n(-c4ccc(NC(=O)OCc5ccccc5)cc4)c12)CCC3. The molecule has 1 aliphatic rings. The Hall–Kier alpha value is -3.87. The highest BCUT2D eigenvalue weighted by Gasteiger charge is 2.25. The number of anilines is 2. The fourth-order valence-corrected chi connectivity index (χ4v) is 4.05. The third-order valence-electron chi connectivity index (χ3n) is 5.40. The summed E-state index contributed by atoms with van der Waals surface area (Å²) in [4.78, 5) is 20.8. The van der Waals surface area contributed by atoms with Crippen molar-refractivity contribution in [2.75, 3.05) is 11.1 Å². The van der Waals surface area contributed by atoms with Crippen LogP contribution in [0.15, 0.2) is 60.9 Å². The molecule has 2 aromatic heterocycles. The number of nitrogen functional groups attached to an aromatic ring is 1. The molecule has 0 bridgehead atoms. The van der Waals surface area contributed by atoms with Crippen LogP contribution in [0, 0.1) is 0 Å². The molecule has 3 N–H and O–H groups in total. The molecule has 1 amide bonds. The molecule has 2 heterocycles. The van der Waals surface area contributed by atoms with Crippen LogP contribution in [-0.4, -0.2) is 20.6 Å². The molecule has 0 saturated carbocycles. The standard InChI is InChI=1S/C23H21N5O2/c24-22-21-20(25-14-26-22)18-7-4-8-19(18)28(21)17-11-9-16(10-12-17)27-23(29)30-13-15-5-2-1-3-6-15/h1-3,5-6,9-12,14H,4,7-8,13H2,(H,27,29)(H2,24,25,26). The highest BCUT2D eigenvalue weighted by atomic mass is 16.5. The molecule has 0 aliphatic heterocycles. The largest absolute Gasteiger partial charge is 0.444 e. The molecule has 7 heteroatoms. The van der Waals surface area contributed by atoms with Crippen LogP contribution in [0.5, 0.6) is 0 Å². The second kappa shape index (κ2) is 7.51. The Morgan fingerprint density at radius 1 is 1.07 bits per heavy atom. The maximum atomic E-state index is 12.1. The fourth-order valence-electron chi connectivity index (χ4n) is 4.05. The van der Waals surface area contributed by atoms with Gasteiger partial charge in [0.25, 0.3) is 0 Å². The van der Waals surface area contributed by atoms with Crippen LogP contribution in [0.2, 0.25) is 0 Å². The number of amides is 1. The summed E-state index contributed by atoms with van der Waals surface area (Å²) < 4.78 is 7.42. The summed E-state index contributed by atoms with van der Waals surface area (Å²) in [7, 11) is 0. The molecule has 7 nitrogen and oxygen atoms in total. The van der Waals surface area contributed by atoms with Gasteiger partial charge in [-0.2, -0.15) is 0 Å². The second-order valence-electron chi connectivity index (χ2n) is 7.30. The van der Waals surface area contributed by atoms with Gasteiger partial charge in [-0.05, 0) is 54.7 Å². The van der Waals surface area contributed by atoms with Crippen LogP contribution >= 0.6 is 0 Å². The minimum atomic E-state index is -0.489. The number of rotatable bonds is 4. The van der Waals surface area contributed by atoms with Crippen molar-refractivity contribution in [2.45, 2.75) is 25.9 Å². The van der Waals surface area contributed by atoms with E-state index in [1.807, 2.05) is 54.6 Å². The topological polar surface area (TPSA) is 95.1 Å². The van der Waals surface area contributed by atoms with Gasteiger partial charge in [-0.1, -0.05) is 30.3 Å². The van der Waals surface area contributed by atoms with Crippen molar-refractivity contribution in [3.63, 3.8) is 0 Å². The number of ether oxygens (including phenoxy) is 1. The molecular weight excluding hydrogens is 378 g/mol. The van der Waals surface area contributed by atoms with Gasteiger partial charge < -0.3 is 15.0 Å². The summed E-state index contributed by atoms with van der Waals surface area (Å²) in [5.74, 6) is 0.473. The van der Waals surface area contributed by atoms with Crippen molar-refractivity contribution in [2.24, 2.45) is 0 Å². The molecule has 30 heavy (non-hydrogen) atoms. The lowest BCUT2D eigenvalue weighted by Gasteiger charge is -2.12. The summed E-state index contributed by atoms with van der Waals surface area (Å²) in [6, 6.07) is 17.2. The summed E-state index contributed by atoms with van der Waals surface area (Å²) in [6.07, 6.45) is 4.13. The van der Waals surface area contributed by atoms with Gasteiger partial charge in [0.1, 0.15) is 18.5 Å². The molecule has 4 aromatic rings. The van der Waals surface area contributed by atoms with Gasteiger partial charge in [-0.3, -0.25) is 5.32 Å². The van der Waals surface area contributed by atoms with Crippen molar-refractivity contribution < 1.29 is 9.53 Å². The Labute approximate surface area is 173 Å². The first-order valence-corrected chi connectivity index (χ1v) is 9.91. The van der Waals surface area contributed by atoms with Crippen molar-refractivity contribution in [1.82, 2.24) is 14.5 Å². The van der Waals surface area contributed by atoms with Crippen molar-refractivity contribution in [3.8, 4) is 5.69 Å². The Kier molecular flexibility index (Phi) is 4.55. The van der Waals surface area contributed by atoms with Crippen molar-refractivity contribution >= 4 is 28.6 Å². The van der Waals surface area contributed by atoms with Gasteiger partial charge in [-0.25, -0.2) is 14.8 Å². The number of benzene rings is 2. The average molecular weight is 399 g/mol. The minimum Gasteiger partial charge on any atom is -0.444 e. The minimum absolute atomic E-state index is 0.228. The molecule has 2 aromatic carbocycles. The Morgan fingerprint density at radius 3 is 2.67 bits per heavy atom. The monoisotopic (exact) mass is 399 g/mol. The number of hydrogen-bond acceptors (Lipinski definition) is 5. The van der Waals surface area contributed by atoms with Gasteiger partial charge in [0, 0.05) is 17.1 Å². The number of fused-ring (bicyclic) bond motifs is 3. The van der Waals surface area contributed by atoms with E-state index in [2.05, 4.69) is 19.9 Å². The van der Waals surface area contributed by atoms with E-state index in [9.17, 15) is 4.79 Å². The van der Waals surface area contributed by atoms with E-state index in [4.69, 9.17) is 10.5 Å². The molecule has 0 unspecified atom stereocenters. The lowest BCUT2D eigenvalue weighted by molar-refractivity contribution is 0.155.